The van der Waals surface area contributed by atoms with Gasteiger partial charge in [-0.05, 0) is 42.8 Å². The molecule has 0 radical (unpaired) electrons. The number of para-hydroxylation sites is 1. The largest absolute Gasteiger partial charge is 0.462 e. The number of esters is 1. The van der Waals surface area contributed by atoms with E-state index in [2.05, 4.69) is 5.32 Å². The molecule has 0 aliphatic carbocycles. The number of benzene rings is 2. The third kappa shape index (κ3) is 6.44. The summed E-state index contributed by atoms with van der Waals surface area (Å²) in [5, 5.41) is 12.0. The van der Waals surface area contributed by atoms with E-state index in [1.807, 2.05) is 6.92 Å². The first-order valence-corrected chi connectivity index (χ1v) is 9.72. The molecule has 0 heterocycles. The predicted molar refractivity (Wildman–Crippen MR) is 118 cm³/mol. The Morgan fingerprint density at radius 1 is 1.16 bits per heavy atom. The highest BCUT2D eigenvalue weighted by molar-refractivity contribution is 6.10. The molecule has 0 fully saturated rings. The van der Waals surface area contributed by atoms with Crippen LogP contribution in [0.15, 0.2) is 60.3 Å². The monoisotopic (exact) mass is 420 g/mol. The smallest absolute Gasteiger partial charge is 0.340 e. The molecule has 2 aromatic carbocycles. The van der Waals surface area contributed by atoms with Crippen LogP contribution in [0, 0.1) is 11.3 Å². The standard InChI is InChI=1S/C23H24N4O4/c1-3-4-13-31-23(30)20-7-5-6-8-21(20)26-22(29)17(14-24)15-27(16(2)28)19-11-9-18(25)10-12-19/h5-12,15H,3-4,13,25H2,1-2H3,(H,26,29)/b17-15-. The summed E-state index contributed by atoms with van der Waals surface area (Å²) in [5.41, 5.74) is 6.69. The lowest BCUT2D eigenvalue weighted by atomic mass is 10.1. The van der Waals surface area contributed by atoms with E-state index in [1.54, 1.807) is 42.5 Å². The van der Waals surface area contributed by atoms with E-state index in [0.29, 0.717) is 11.4 Å². The second kappa shape index (κ2) is 11.2. The molecule has 160 valence electrons. The molecule has 3 N–H and O–H groups in total. The average Bonchev–Trinajstić information content (AvgIpc) is 2.75. The number of hydrogen-bond acceptors (Lipinski definition) is 6. The van der Waals surface area contributed by atoms with Crippen LogP contribution in [0.1, 0.15) is 37.0 Å². The first-order chi connectivity index (χ1) is 14.9. The molecule has 0 spiro atoms. The molecule has 8 nitrogen and oxygen atoms in total. The van der Waals surface area contributed by atoms with E-state index in [-0.39, 0.29) is 23.4 Å². The van der Waals surface area contributed by atoms with Gasteiger partial charge in [0.05, 0.1) is 17.9 Å². The first-order valence-electron chi connectivity index (χ1n) is 9.72. The molecular weight excluding hydrogens is 396 g/mol. The topological polar surface area (TPSA) is 126 Å². The highest BCUT2D eigenvalue weighted by Crippen LogP contribution is 2.20. The minimum absolute atomic E-state index is 0.172. The number of ether oxygens (including phenoxy) is 1. The van der Waals surface area contributed by atoms with Crippen molar-refractivity contribution in [1.29, 1.82) is 5.26 Å². The van der Waals surface area contributed by atoms with Crippen LogP contribution in [0.25, 0.3) is 0 Å². The van der Waals surface area contributed by atoms with Crippen LogP contribution in [-0.2, 0) is 14.3 Å². The van der Waals surface area contributed by atoms with E-state index < -0.39 is 17.8 Å². The van der Waals surface area contributed by atoms with Crippen molar-refractivity contribution in [3.05, 3.63) is 65.9 Å². The summed E-state index contributed by atoms with van der Waals surface area (Å²) < 4.78 is 5.21. The predicted octanol–water partition coefficient (Wildman–Crippen LogP) is 3.62. The highest BCUT2D eigenvalue weighted by Gasteiger charge is 2.19. The maximum Gasteiger partial charge on any atom is 0.340 e. The SMILES string of the molecule is CCCCOC(=O)c1ccccc1NC(=O)/C(C#N)=C\N(C(C)=O)c1ccc(N)cc1. The number of rotatable bonds is 8. The Morgan fingerprint density at radius 3 is 2.45 bits per heavy atom. The summed E-state index contributed by atoms with van der Waals surface area (Å²) in [6.45, 7) is 3.56. The Kier molecular flexibility index (Phi) is 8.34. The van der Waals surface area contributed by atoms with Gasteiger partial charge in [0.25, 0.3) is 5.91 Å². The lowest BCUT2D eigenvalue weighted by Crippen LogP contribution is -2.25. The molecule has 2 aromatic rings. The number of nitriles is 1. The average molecular weight is 420 g/mol. The number of amides is 2. The minimum Gasteiger partial charge on any atom is -0.462 e. The van der Waals surface area contributed by atoms with Crippen LogP contribution in [0.4, 0.5) is 17.1 Å². The van der Waals surface area contributed by atoms with Crippen LogP contribution >= 0.6 is 0 Å². The molecule has 0 bridgehead atoms. The molecule has 0 unspecified atom stereocenters. The molecule has 0 saturated heterocycles. The van der Waals surface area contributed by atoms with Gasteiger partial charge in [-0.1, -0.05) is 25.5 Å². The minimum atomic E-state index is -0.766. The Balaban J connectivity index is 2.27. The van der Waals surface area contributed by atoms with Crippen molar-refractivity contribution in [3.8, 4) is 6.07 Å². The Bertz CT molecular complexity index is 1020. The van der Waals surface area contributed by atoms with Crippen molar-refractivity contribution in [2.75, 3.05) is 22.6 Å². The summed E-state index contributed by atoms with van der Waals surface area (Å²) in [6.07, 6.45) is 2.75. The zero-order chi connectivity index (χ0) is 22.8. The van der Waals surface area contributed by atoms with E-state index >= 15 is 0 Å². The van der Waals surface area contributed by atoms with Crippen molar-refractivity contribution in [2.24, 2.45) is 0 Å². The lowest BCUT2D eigenvalue weighted by molar-refractivity contribution is -0.116. The second-order valence-electron chi connectivity index (χ2n) is 6.62. The van der Waals surface area contributed by atoms with Gasteiger partial charge in [0.1, 0.15) is 11.6 Å². The third-order valence-corrected chi connectivity index (χ3v) is 4.26. The van der Waals surface area contributed by atoms with Crippen LogP contribution in [-0.4, -0.2) is 24.4 Å². The number of nitrogens with one attached hydrogen (secondary N) is 1. The number of carbonyl (C=O) groups is 3. The van der Waals surface area contributed by atoms with Crippen LogP contribution < -0.4 is 16.0 Å². The van der Waals surface area contributed by atoms with Crippen LogP contribution in [0.5, 0.6) is 0 Å². The summed E-state index contributed by atoms with van der Waals surface area (Å²) in [4.78, 5) is 38.3. The van der Waals surface area contributed by atoms with Gasteiger partial charge in [-0.2, -0.15) is 5.26 Å². The molecule has 2 amide bonds. The molecule has 31 heavy (non-hydrogen) atoms. The Labute approximate surface area is 180 Å². The second-order valence-corrected chi connectivity index (χ2v) is 6.62. The quantitative estimate of drug-likeness (QED) is 0.221. The molecule has 8 heteroatoms. The highest BCUT2D eigenvalue weighted by atomic mass is 16.5. The number of nitrogens with zero attached hydrogens (tertiary/aromatic N) is 2. The number of anilines is 3. The van der Waals surface area contributed by atoms with Crippen molar-refractivity contribution >= 4 is 34.8 Å². The number of unbranched alkanes of at least 4 members (excludes halogenated alkanes) is 1. The maximum absolute atomic E-state index is 12.7. The summed E-state index contributed by atoms with van der Waals surface area (Å²) in [5.74, 6) is -1.73. The Morgan fingerprint density at radius 2 is 1.84 bits per heavy atom. The summed E-state index contributed by atoms with van der Waals surface area (Å²) in [6, 6.07) is 14.5. The van der Waals surface area contributed by atoms with Crippen LogP contribution in [0.2, 0.25) is 0 Å². The van der Waals surface area contributed by atoms with Gasteiger partial charge >= 0.3 is 5.97 Å². The van der Waals surface area contributed by atoms with Gasteiger partial charge in [-0.15, -0.1) is 0 Å². The van der Waals surface area contributed by atoms with Gasteiger partial charge in [0, 0.05) is 24.5 Å². The van der Waals surface area contributed by atoms with E-state index in [0.717, 1.165) is 19.0 Å². The number of hydrogen-bond donors (Lipinski definition) is 2. The van der Waals surface area contributed by atoms with Crippen molar-refractivity contribution in [2.45, 2.75) is 26.7 Å². The zero-order valence-electron chi connectivity index (χ0n) is 17.4. The molecule has 0 atom stereocenters. The molecule has 0 aliphatic rings. The lowest BCUT2D eigenvalue weighted by Gasteiger charge is -2.17. The third-order valence-electron chi connectivity index (χ3n) is 4.26. The van der Waals surface area contributed by atoms with Gasteiger partial charge in [0.15, 0.2) is 0 Å². The van der Waals surface area contributed by atoms with Gasteiger partial charge in [0.2, 0.25) is 5.91 Å². The van der Waals surface area contributed by atoms with Gasteiger partial charge in [-0.3, -0.25) is 14.5 Å². The fourth-order valence-electron chi connectivity index (χ4n) is 2.60. The van der Waals surface area contributed by atoms with Gasteiger partial charge < -0.3 is 15.8 Å². The molecule has 0 saturated carbocycles. The summed E-state index contributed by atoms with van der Waals surface area (Å²) >= 11 is 0. The van der Waals surface area contributed by atoms with Crippen molar-refractivity contribution in [3.63, 3.8) is 0 Å². The normalized spacial score (nSPS) is 10.7. The van der Waals surface area contributed by atoms with Gasteiger partial charge in [-0.25, -0.2) is 4.79 Å². The number of nitrogen functional groups attached to an aromatic ring is 1. The first kappa shape index (κ1) is 23.2. The number of nitrogens with two attached hydrogens (primary N) is 1. The Hall–Kier alpha value is -4.12. The zero-order valence-corrected chi connectivity index (χ0v) is 17.4. The van der Waals surface area contributed by atoms with Crippen molar-refractivity contribution in [1.82, 2.24) is 0 Å². The van der Waals surface area contributed by atoms with E-state index in [9.17, 15) is 19.6 Å². The van der Waals surface area contributed by atoms with E-state index in [1.165, 1.54) is 24.0 Å². The fraction of sp³-hybridized carbons (Fsp3) is 0.217. The summed E-state index contributed by atoms with van der Waals surface area (Å²) in [7, 11) is 0. The van der Waals surface area contributed by atoms with E-state index in [4.69, 9.17) is 10.5 Å². The maximum atomic E-state index is 12.7. The van der Waals surface area contributed by atoms with Crippen molar-refractivity contribution < 1.29 is 19.1 Å². The number of carbonyl (C=O) groups excluding carboxylic acids is 3. The van der Waals surface area contributed by atoms with Crippen LogP contribution in [0.3, 0.4) is 0 Å². The molecular formula is C23H24N4O4. The fourth-order valence-corrected chi connectivity index (χ4v) is 2.60. The molecule has 2 rings (SSSR count). The molecule has 0 aromatic heterocycles. The molecule has 0 aliphatic heterocycles.